The summed E-state index contributed by atoms with van der Waals surface area (Å²) in [6.45, 7) is 5.79. The average molecular weight is 303 g/mol. The molecule has 4 nitrogen and oxygen atoms in total. The van der Waals surface area contributed by atoms with Gasteiger partial charge in [0, 0.05) is 18.0 Å². The highest BCUT2D eigenvalue weighted by Crippen LogP contribution is 2.41. The van der Waals surface area contributed by atoms with Crippen molar-refractivity contribution in [3.8, 4) is 0 Å². The molecule has 1 aliphatic carbocycles. The number of nitrogens with zero attached hydrogens (tertiary/aromatic N) is 3. The topological polar surface area (TPSA) is 38.2 Å². The zero-order chi connectivity index (χ0) is 14.2. The molecule has 21 heavy (non-hydrogen) atoms. The Kier molecular flexibility index (Phi) is 3.55. The molecule has 0 spiro atoms. The van der Waals surface area contributed by atoms with Crippen LogP contribution in [0.4, 0.5) is 5.82 Å². The number of aryl methyl sites for hydroxylation is 1. The van der Waals surface area contributed by atoms with Crippen LogP contribution in [-0.4, -0.2) is 36.3 Å². The van der Waals surface area contributed by atoms with E-state index in [0.717, 1.165) is 38.0 Å². The number of hydrogen-bond donors (Lipinski definition) is 0. The van der Waals surface area contributed by atoms with Gasteiger partial charge in [-0.05, 0) is 30.7 Å². The zero-order valence-electron chi connectivity index (χ0n) is 12.5. The van der Waals surface area contributed by atoms with Gasteiger partial charge in [-0.1, -0.05) is 13.3 Å². The van der Waals surface area contributed by atoms with E-state index < -0.39 is 0 Å². The largest absolute Gasteiger partial charge is 0.378 e. The fraction of sp³-hybridized carbons (Fsp3) is 0.625. The minimum absolute atomic E-state index is 0.801. The number of ether oxygens (including phenoxy) is 1. The van der Waals surface area contributed by atoms with E-state index in [1.54, 1.807) is 11.2 Å². The Morgan fingerprint density at radius 2 is 2.19 bits per heavy atom. The normalized spacial score (nSPS) is 22.5. The van der Waals surface area contributed by atoms with Crippen LogP contribution in [0.3, 0.4) is 0 Å². The predicted octanol–water partition coefficient (Wildman–Crippen LogP) is 3.04. The number of morpholine rings is 1. The van der Waals surface area contributed by atoms with Crippen LogP contribution in [0.1, 0.15) is 30.2 Å². The first-order valence-electron chi connectivity index (χ1n) is 7.94. The second kappa shape index (κ2) is 5.54. The molecule has 4 rings (SSSR count). The fourth-order valence-electron chi connectivity index (χ4n) is 3.53. The van der Waals surface area contributed by atoms with Crippen molar-refractivity contribution < 1.29 is 4.74 Å². The average Bonchev–Trinajstić information content (AvgIpc) is 2.93. The first kappa shape index (κ1) is 13.5. The molecule has 3 heterocycles. The zero-order valence-corrected chi connectivity index (χ0v) is 13.3. The third-order valence-electron chi connectivity index (χ3n) is 4.82. The van der Waals surface area contributed by atoms with Gasteiger partial charge in [0.05, 0.1) is 18.6 Å². The van der Waals surface area contributed by atoms with Crippen molar-refractivity contribution in [1.82, 2.24) is 9.97 Å². The van der Waals surface area contributed by atoms with Crippen LogP contribution >= 0.6 is 11.3 Å². The molecule has 0 aromatic carbocycles. The van der Waals surface area contributed by atoms with E-state index in [0.29, 0.717) is 0 Å². The van der Waals surface area contributed by atoms with Crippen LogP contribution in [0.2, 0.25) is 0 Å². The molecule has 5 heteroatoms. The monoisotopic (exact) mass is 303 g/mol. The number of anilines is 1. The summed E-state index contributed by atoms with van der Waals surface area (Å²) in [6, 6.07) is 0. The maximum atomic E-state index is 5.47. The summed E-state index contributed by atoms with van der Waals surface area (Å²) in [5.41, 5.74) is 1.53. The van der Waals surface area contributed by atoms with E-state index in [2.05, 4.69) is 21.8 Å². The molecule has 112 valence electrons. The van der Waals surface area contributed by atoms with Crippen LogP contribution in [0.15, 0.2) is 6.33 Å². The van der Waals surface area contributed by atoms with Gasteiger partial charge >= 0.3 is 0 Å². The molecular formula is C16H21N3OS. The van der Waals surface area contributed by atoms with E-state index in [1.165, 1.54) is 41.5 Å². The molecular weight excluding hydrogens is 282 g/mol. The first-order chi connectivity index (χ1) is 10.4. The van der Waals surface area contributed by atoms with Gasteiger partial charge in [-0.3, -0.25) is 0 Å². The Hall–Kier alpha value is -1.20. The lowest BCUT2D eigenvalue weighted by atomic mass is 9.86. The Morgan fingerprint density at radius 3 is 3.00 bits per heavy atom. The molecule has 0 radical (unpaired) electrons. The van der Waals surface area contributed by atoms with Crippen LogP contribution in [-0.2, 0) is 17.6 Å². The van der Waals surface area contributed by atoms with Gasteiger partial charge in [0.1, 0.15) is 17.0 Å². The highest BCUT2D eigenvalue weighted by Gasteiger charge is 2.26. The molecule has 2 aromatic heterocycles. The summed E-state index contributed by atoms with van der Waals surface area (Å²) in [5.74, 6) is 1.99. The second-order valence-corrected chi connectivity index (χ2v) is 7.08. The smallest absolute Gasteiger partial charge is 0.141 e. The van der Waals surface area contributed by atoms with Crippen LogP contribution in [0.25, 0.3) is 10.2 Å². The van der Waals surface area contributed by atoms with Crippen molar-refractivity contribution in [1.29, 1.82) is 0 Å². The van der Waals surface area contributed by atoms with Gasteiger partial charge in [0.15, 0.2) is 0 Å². The van der Waals surface area contributed by atoms with Crippen LogP contribution in [0.5, 0.6) is 0 Å². The molecule has 0 amide bonds. The van der Waals surface area contributed by atoms with E-state index in [-0.39, 0.29) is 0 Å². The Balaban J connectivity index is 1.80. The van der Waals surface area contributed by atoms with Gasteiger partial charge in [-0.2, -0.15) is 0 Å². The summed E-state index contributed by atoms with van der Waals surface area (Å²) >= 11 is 1.89. The molecule has 2 aliphatic rings. The number of fused-ring (bicyclic) bond motifs is 3. The fourth-order valence-corrected chi connectivity index (χ4v) is 4.82. The standard InChI is InChI=1S/C16H21N3OS/c1-2-11-3-4-12-13(9-11)21-16-14(12)15(17-10-18-16)19-5-7-20-8-6-19/h10-11H,2-9H2,1H3/t11-/m0/s1. The minimum Gasteiger partial charge on any atom is -0.378 e. The molecule has 0 saturated carbocycles. The maximum Gasteiger partial charge on any atom is 0.141 e. The minimum atomic E-state index is 0.801. The highest BCUT2D eigenvalue weighted by atomic mass is 32.1. The Bertz CT molecular complexity index is 648. The van der Waals surface area contributed by atoms with E-state index in [4.69, 9.17) is 4.74 Å². The maximum absolute atomic E-state index is 5.47. The van der Waals surface area contributed by atoms with Gasteiger partial charge in [-0.25, -0.2) is 9.97 Å². The quantitative estimate of drug-likeness (QED) is 0.855. The molecule has 1 saturated heterocycles. The highest BCUT2D eigenvalue weighted by molar-refractivity contribution is 7.19. The van der Waals surface area contributed by atoms with Crippen LogP contribution in [0, 0.1) is 5.92 Å². The second-order valence-electron chi connectivity index (χ2n) is 6.00. The molecule has 1 fully saturated rings. The van der Waals surface area contributed by atoms with Crippen molar-refractivity contribution in [2.45, 2.75) is 32.6 Å². The van der Waals surface area contributed by atoms with Crippen molar-refractivity contribution >= 4 is 27.4 Å². The molecule has 2 aromatic rings. The molecule has 0 bridgehead atoms. The lowest BCUT2D eigenvalue weighted by Gasteiger charge is -2.29. The van der Waals surface area contributed by atoms with Gasteiger partial charge in [0.25, 0.3) is 0 Å². The van der Waals surface area contributed by atoms with Gasteiger partial charge in [-0.15, -0.1) is 11.3 Å². The third-order valence-corrected chi connectivity index (χ3v) is 5.98. The van der Waals surface area contributed by atoms with Crippen molar-refractivity contribution in [2.75, 3.05) is 31.2 Å². The van der Waals surface area contributed by atoms with Crippen molar-refractivity contribution in [3.63, 3.8) is 0 Å². The first-order valence-corrected chi connectivity index (χ1v) is 8.76. The van der Waals surface area contributed by atoms with E-state index in [1.807, 2.05) is 11.3 Å². The lowest BCUT2D eigenvalue weighted by Crippen LogP contribution is -2.37. The summed E-state index contributed by atoms with van der Waals surface area (Å²) < 4.78 is 5.47. The summed E-state index contributed by atoms with van der Waals surface area (Å²) in [4.78, 5) is 14.3. The Labute approximate surface area is 129 Å². The number of hydrogen-bond acceptors (Lipinski definition) is 5. The van der Waals surface area contributed by atoms with E-state index >= 15 is 0 Å². The summed E-state index contributed by atoms with van der Waals surface area (Å²) in [6.07, 6.45) is 6.75. The van der Waals surface area contributed by atoms with Crippen LogP contribution < -0.4 is 4.90 Å². The molecule has 0 N–H and O–H groups in total. The molecule has 0 unspecified atom stereocenters. The predicted molar refractivity (Wildman–Crippen MR) is 86.3 cm³/mol. The SMILES string of the molecule is CC[C@H]1CCc2c(sc3ncnc(N4CCOCC4)c23)C1. The Morgan fingerprint density at radius 1 is 1.33 bits per heavy atom. The summed E-state index contributed by atoms with van der Waals surface area (Å²) in [7, 11) is 0. The van der Waals surface area contributed by atoms with Gasteiger partial charge < -0.3 is 9.64 Å². The van der Waals surface area contributed by atoms with Gasteiger partial charge in [0.2, 0.25) is 0 Å². The third kappa shape index (κ3) is 2.32. The molecule has 1 aliphatic heterocycles. The van der Waals surface area contributed by atoms with E-state index in [9.17, 15) is 0 Å². The van der Waals surface area contributed by atoms with Crippen molar-refractivity contribution in [2.24, 2.45) is 5.92 Å². The number of rotatable bonds is 2. The van der Waals surface area contributed by atoms with Crippen molar-refractivity contribution in [3.05, 3.63) is 16.8 Å². The number of thiophene rings is 1. The number of aromatic nitrogens is 2. The lowest BCUT2D eigenvalue weighted by molar-refractivity contribution is 0.122. The molecule has 1 atom stereocenters. The summed E-state index contributed by atoms with van der Waals surface area (Å²) in [5, 5.41) is 1.33.